The molecule has 3 heteroatoms. The standard InChI is InChI=1S/C12H21NO2/c1-2-3-4-7-12(11(14)15)8-5-10(13)6-9-12/h4,7,10H,2-3,5-6,8-9,13H2,1H3,(H,14,15)/b7-4+. The molecule has 0 radical (unpaired) electrons. The summed E-state index contributed by atoms with van der Waals surface area (Å²) in [4.78, 5) is 11.3. The molecule has 1 aliphatic carbocycles. The van der Waals surface area contributed by atoms with Gasteiger partial charge >= 0.3 is 5.97 Å². The lowest BCUT2D eigenvalue weighted by atomic mass is 9.72. The summed E-state index contributed by atoms with van der Waals surface area (Å²) >= 11 is 0. The summed E-state index contributed by atoms with van der Waals surface area (Å²) in [5, 5.41) is 9.28. The largest absolute Gasteiger partial charge is 0.481 e. The average molecular weight is 211 g/mol. The van der Waals surface area contributed by atoms with Crippen LogP contribution in [0.4, 0.5) is 0 Å². The first kappa shape index (κ1) is 12.2. The molecule has 0 unspecified atom stereocenters. The molecule has 0 bridgehead atoms. The maximum Gasteiger partial charge on any atom is 0.313 e. The second-order valence-electron chi connectivity index (χ2n) is 4.49. The average Bonchev–Trinajstić information content (AvgIpc) is 2.21. The third-order valence-corrected chi connectivity index (χ3v) is 3.24. The van der Waals surface area contributed by atoms with Crippen LogP contribution >= 0.6 is 0 Å². The Balaban J connectivity index is 2.67. The van der Waals surface area contributed by atoms with E-state index in [1.165, 1.54) is 0 Å². The van der Waals surface area contributed by atoms with Crippen LogP contribution in [-0.4, -0.2) is 17.1 Å². The van der Waals surface area contributed by atoms with Crippen LogP contribution in [0.2, 0.25) is 0 Å². The molecule has 0 heterocycles. The second kappa shape index (κ2) is 5.31. The van der Waals surface area contributed by atoms with E-state index in [0.29, 0.717) is 12.8 Å². The van der Waals surface area contributed by atoms with Gasteiger partial charge in [0.2, 0.25) is 0 Å². The molecule has 1 saturated carbocycles. The van der Waals surface area contributed by atoms with Crippen molar-refractivity contribution in [2.75, 3.05) is 0 Å². The van der Waals surface area contributed by atoms with E-state index in [1.54, 1.807) is 0 Å². The van der Waals surface area contributed by atoms with E-state index in [9.17, 15) is 9.90 Å². The number of allylic oxidation sites excluding steroid dienone is 1. The lowest BCUT2D eigenvalue weighted by Gasteiger charge is -2.33. The summed E-state index contributed by atoms with van der Waals surface area (Å²) in [5.74, 6) is -0.693. The number of carboxylic acids is 1. The Morgan fingerprint density at radius 2 is 2.13 bits per heavy atom. The zero-order valence-electron chi connectivity index (χ0n) is 9.41. The minimum atomic E-state index is -0.693. The summed E-state index contributed by atoms with van der Waals surface area (Å²) < 4.78 is 0. The molecule has 0 spiro atoms. The Labute approximate surface area is 91.4 Å². The van der Waals surface area contributed by atoms with Crippen LogP contribution in [0.1, 0.15) is 45.4 Å². The van der Waals surface area contributed by atoms with Gasteiger partial charge in [0.1, 0.15) is 0 Å². The Bertz CT molecular complexity index is 240. The molecule has 1 rings (SSSR count). The zero-order valence-corrected chi connectivity index (χ0v) is 9.41. The highest BCUT2D eigenvalue weighted by atomic mass is 16.4. The van der Waals surface area contributed by atoms with Crippen LogP contribution in [0.25, 0.3) is 0 Å². The highest BCUT2D eigenvalue weighted by Crippen LogP contribution is 2.37. The van der Waals surface area contributed by atoms with Gasteiger partial charge in [-0.05, 0) is 32.1 Å². The maximum atomic E-state index is 11.3. The number of hydrogen-bond acceptors (Lipinski definition) is 2. The normalized spacial score (nSPS) is 32.0. The molecule has 86 valence electrons. The molecule has 1 fully saturated rings. The van der Waals surface area contributed by atoms with Gasteiger partial charge in [-0.1, -0.05) is 25.5 Å². The lowest BCUT2D eigenvalue weighted by Crippen LogP contribution is -2.38. The fraction of sp³-hybridized carbons (Fsp3) is 0.750. The number of hydrogen-bond donors (Lipinski definition) is 2. The van der Waals surface area contributed by atoms with Gasteiger partial charge in [0.25, 0.3) is 0 Å². The van der Waals surface area contributed by atoms with Crippen molar-refractivity contribution in [3.63, 3.8) is 0 Å². The zero-order chi connectivity index (χ0) is 11.3. The first-order valence-electron chi connectivity index (χ1n) is 5.77. The van der Waals surface area contributed by atoms with Gasteiger partial charge in [-0.2, -0.15) is 0 Å². The highest BCUT2D eigenvalue weighted by Gasteiger charge is 2.38. The van der Waals surface area contributed by atoms with Crippen LogP contribution in [0.5, 0.6) is 0 Å². The molecule has 3 N–H and O–H groups in total. The molecule has 0 atom stereocenters. The van der Waals surface area contributed by atoms with Gasteiger partial charge in [-0.3, -0.25) is 4.79 Å². The highest BCUT2D eigenvalue weighted by molar-refractivity contribution is 5.77. The first-order chi connectivity index (χ1) is 7.10. The topological polar surface area (TPSA) is 63.3 Å². The van der Waals surface area contributed by atoms with E-state index in [-0.39, 0.29) is 6.04 Å². The number of carbonyl (C=O) groups is 1. The molecule has 3 nitrogen and oxygen atoms in total. The molecule has 0 aromatic heterocycles. The van der Waals surface area contributed by atoms with Crippen molar-refractivity contribution in [2.45, 2.75) is 51.5 Å². The second-order valence-corrected chi connectivity index (χ2v) is 4.49. The van der Waals surface area contributed by atoms with Crippen molar-refractivity contribution >= 4 is 5.97 Å². The molecule has 1 aliphatic rings. The summed E-state index contributed by atoms with van der Waals surface area (Å²) in [7, 11) is 0. The fourth-order valence-corrected chi connectivity index (χ4v) is 2.08. The molecule has 0 aliphatic heterocycles. The van der Waals surface area contributed by atoms with Crippen LogP contribution in [-0.2, 0) is 4.79 Å². The maximum absolute atomic E-state index is 11.3. The molecular weight excluding hydrogens is 190 g/mol. The van der Waals surface area contributed by atoms with E-state index >= 15 is 0 Å². The predicted molar refractivity (Wildman–Crippen MR) is 60.6 cm³/mol. The van der Waals surface area contributed by atoms with Gasteiger partial charge in [0.05, 0.1) is 5.41 Å². The third-order valence-electron chi connectivity index (χ3n) is 3.24. The third kappa shape index (κ3) is 3.06. The Morgan fingerprint density at radius 3 is 2.60 bits per heavy atom. The van der Waals surface area contributed by atoms with Crippen LogP contribution in [0.3, 0.4) is 0 Å². The Morgan fingerprint density at radius 1 is 1.53 bits per heavy atom. The molecule has 15 heavy (non-hydrogen) atoms. The fourth-order valence-electron chi connectivity index (χ4n) is 2.08. The minimum Gasteiger partial charge on any atom is -0.481 e. The van der Waals surface area contributed by atoms with E-state index in [1.807, 2.05) is 12.2 Å². The molecule has 0 aromatic rings. The van der Waals surface area contributed by atoms with Crippen molar-refractivity contribution in [3.05, 3.63) is 12.2 Å². The first-order valence-corrected chi connectivity index (χ1v) is 5.77. The summed E-state index contributed by atoms with van der Waals surface area (Å²) in [6.45, 7) is 2.09. The van der Waals surface area contributed by atoms with Crippen molar-refractivity contribution in [1.29, 1.82) is 0 Å². The predicted octanol–water partition coefficient (Wildman–Crippen LogP) is 2.32. The van der Waals surface area contributed by atoms with Gasteiger partial charge in [0, 0.05) is 6.04 Å². The molecule has 0 aromatic carbocycles. The van der Waals surface area contributed by atoms with Gasteiger partial charge in [-0.15, -0.1) is 0 Å². The Kier molecular flexibility index (Phi) is 4.33. The van der Waals surface area contributed by atoms with Crippen LogP contribution < -0.4 is 5.73 Å². The smallest absolute Gasteiger partial charge is 0.313 e. The van der Waals surface area contributed by atoms with Gasteiger partial charge in [-0.25, -0.2) is 0 Å². The molecule has 0 amide bonds. The van der Waals surface area contributed by atoms with E-state index in [0.717, 1.165) is 25.7 Å². The number of nitrogens with two attached hydrogens (primary N) is 1. The lowest BCUT2D eigenvalue weighted by molar-refractivity contribution is -0.147. The number of carboxylic acid groups (broad SMARTS) is 1. The monoisotopic (exact) mass is 211 g/mol. The molecular formula is C12H21NO2. The van der Waals surface area contributed by atoms with Crippen molar-refractivity contribution < 1.29 is 9.90 Å². The number of aliphatic carboxylic acids is 1. The summed E-state index contributed by atoms with van der Waals surface area (Å²) in [5.41, 5.74) is 5.16. The van der Waals surface area contributed by atoms with Crippen molar-refractivity contribution in [2.24, 2.45) is 11.1 Å². The quantitative estimate of drug-likeness (QED) is 0.701. The van der Waals surface area contributed by atoms with Gasteiger partial charge in [0.15, 0.2) is 0 Å². The van der Waals surface area contributed by atoms with E-state index in [4.69, 9.17) is 5.73 Å². The van der Waals surface area contributed by atoms with Crippen LogP contribution in [0.15, 0.2) is 12.2 Å². The molecule has 0 saturated heterocycles. The van der Waals surface area contributed by atoms with E-state index in [2.05, 4.69) is 6.92 Å². The van der Waals surface area contributed by atoms with Crippen molar-refractivity contribution in [1.82, 2.24) is 0 Å². The van der Waals surface area contributed by atoms with E-state index < -0.39 is 11.4 Å². The minimum absolute atomic E-state index is 0.192. The number of rotatable bonds is 4. The van der Waals surface area contributed by atoms with Crippen molar-refractivity contribution in [3.8, 4) is 0 Å². The summed E-state index contributed by atoms with van der Waals surface area (Å²) in [6.07, 6.45) is 8.93. The SMILES string of the molecule is CCC/C=C/C1(C(=O)O)CCC(N)CC1. The van der Waals surface area contributed by atoms with Gasteiger partial charge < -0.3 is 10.8 Å². The Hall–Kier alpha value is -0.830. The summed E-state index contributed by atoms with van der Waals surface area (Å²) in [6, 6.07) is 0.192. The van der Waals surface area contributed by atoms with Crippen LogP contribution in [0, 0.1) is 5.41 Å². The number of unbranched alkanes of at least 4 members (excludes halogenated alkanes) is 1.